The molecular weight excluding hydrogens is 230 g/mol. The molecule has 2 rings (SSSR count). The van der Waals surface area contributed by atoms with Gasteiger partial charge in [-0.2, -0.15) is 0 Å². The number of hydrogen-bond acceptors (Lipinski definition) is 6. The minimum absolute atomic E-state index is 0.134. The van der Waals surface area contributed by atoms with Crippen molar-refractivity contribution in [2.24, 2.45) is 16.1 Å². The SMILES string of the molecule is NCC1(CC2=NCON2)CCS(=O)(=O)CC1. The lowest BCUT2D eigenvalue weighted by atomic mass is 9.78. The van der Waals surface area contributed by atoms with E-state index in [4.69, 9.17) is 10.6 Å². The van der Waals surface area contributed by atoms with Crippen LogP contribution >= 0.6 is 0 Å². The molecule has 16 heavy (non-hydrogen) atoms. The smallest absolute Gasteiger partial charge is 0.166 e. The first-order valence-corrected chi connectivity index (χ1v) is 7.19. The molecule has 7 heteroatoms. The van der Waals surface area contributed by atoms with Crippen LogP contribution in [0.25, 0.3) is 0 Å². The lowest BCUT2D eigenvalue weighted by molar-refractivity contribution is 0.112. The monoisotopic (exact) mass is 247 g/mol. The van der Waals surface area contributed by atoms with Crippen LogP contribution in [0, 0.1) is 5.41 Å². The predicted molar refractivity (Wildman–Crippen MR) is 60.5 cm³/mol. The number of hydroxylamine groups is 1. The topological polar surface area (TPSA) is 93.8 Å². The summed E-state index contributed by atoms with van der Waals surface area (Å²) in [6, 6.07) is 0. The fraction of sp³-hybridized carbons (Fsp3) is 0.889. The van der Waals surface area contributed by atoms with Gasteiger partial charge in [-0.25, -0.2) is 13.4 Å². The zero-order valence-electron chi connectivity index (χ0n) is 9.11. The van der Waals surface area contributed by atoms with E-state index in [1.54, 1.807) is 0 Å². The van der Waals surface area contributed by atoms with Crippen molar-refractivity contribution in [3.05, 3.63) is 0 Å². The van der Waals surface area contributed by atoms with Crippen molar-refractivity contribution in [2.45, 2.75) is 19.3 Å². The van der Waals surface area contributed by atoms with Crippen molar-refractivity contribution >= 4 is 15.7 Å². The Hall–Kier alpha value is -0.660. The number of nitrogens with two attached hydrogens (primary N) is 1. The third-order valence-corrected chi connectivity index (χ3v) is 5.02. The summed E-state index contributed by atoms with van der Waals surface area (Å²) in [5.74, 6) is 1.25. The summed E-state index contributed by atoms with van der Waals surface area (Å²) in [7, 11) is -2.84. The fourth-order valence-electron chi connectivity index (χ4n) is 2.13. The lowest BCUT2D eigenvalue weighted by Crippen LogP contribution is -2.42. The summed E-state index contributed by atoms with van der Waals surface area (Å²) in [4.78, 5) is 9.05. The van der Waals surface area contributed by atoms with Crippen LogP contribution in [0.2, 0.25) is 0 Å². The van der Waals surface area contributed by atoms with E-state index in [1.165, 1.54) is 0 Å². The Labute approximate surface area is 95.1 Å². The number of amidine groups is 1. The van der Waals surface area contributed by atoms with E-state index in [0.29, 0.717) is 32.5 Å². The van der Waals surface area contributed by atoms with Crippen molar-refractivity contribution in [1.82, 2.24) is 5.48 Å². The number of sulfone groups is 1. The highest BCUT2D eigenvalue weighted by atomic mass is 32.2. The molecule has 0 atom stereocenters. The fourth-order valence-corrected chi connectivity index (χ4v) is 3.82. The minimum atomic E-state index is -2.84. The van der Waals surface area contributed by atoms with Crippen LogP contribution in [0.15, 0.2) is 4.99 Å². The third-order valence-electron chi connectivity index (χ3n) is 3.37. The Bertz CT molecular complexity index is 377. The van der Waals surface area contributed by atoms with Gasteiger partial charge in [0.25, 0.3) is 0 Å². The molecule has 1 saturated heterocycles. The van der Waals surface area contributed by atoms with E-state index in [0.717, 1.165) is 5.84 Å². The molecule has 1 fully saturated rings. The summed E-state index contributed by atoms with van der Waals surface area (Å²) in [6.07, 6.45) is 1.91. The standard InChI is InChI=1S/C9H17N3O3S/c10-6-9(5-8-11-7-15-12-8)1-3-16(13,14)4-2-9/h1-7,10H2,(H,11,12). The van der Waals surface area contributed by atoms with Gasteiger partial charge in [0, 0.05) is 6.42 Å². The molecule has 3 N–H and O–H groups in total. The molecule has 0 aromatic carbocycles. The Morgan fingerprint density at radius 3 is 2.62 bits per heavy atom. The van der Waals surface area contributed by atoms with E-state index < -0.39 is 9.84 Å². The van der Waals surface area contributed by atoms with Gasteiger partial charge in [-0.3, -0.25) is 10.3 Å². The maximum atomic E-state index is 11.4. The van der Waals surface area contributed by atoms with Crippen molar-refractivity contribution in [1.29, 1.82) is 0 Å². The number of aliphatic imine (C=N–C) groups is 1. The maximum absolute atomic E-state index is 11.4. The Kier molecular flexibility index (Phi) is 3.18. The molecule has 0 spiro atoms. The molecule has 0 amide bonds. The van der Waals surface area contributed by atoms with Gasteiger partial charge >= 0.3 is 0 Å². The third kappa shape index (κ3) is 2.53. The first-order valence-electron chi connectivity index (χ1n) is 5.37. The first-order chi connectivity index (χ1) is 7.55. The van der Waals surface area contributed by atoms with Gasteiger partial charge in [0.2, 0.25) is 0 Å². The molecule has 2 aliphatic heterocycles. The summed E-state index contributed by atoms with van der Waals surface area (Å²) in [5.41, 5.74) is 8.38. The van der Waals surface area contributed by atoms with Gasteiger partial charge in [0.15, 0.2) is 6.73 Å². The Morgan fingerprint density at radius 1 is 1.44 bits per heavy atom. The molecule has 2 aliphatic rings. The molecule has 2 heterocycles. The number of nitrogens with zero attached hydrogens (tertiary/aromatic N) is 1. The molecule has 6 nitrogen and oxygen atoms in total. The molecule has 92 valence electrons. The van der Waals surface area contributed by atoms with Crippen LogP contribution in [0.4, 0.5) is 0 Å². The minimum Gasteiger partial charge on any atom is -0.330 e. The predicted octanol–water partition coefficient (Wildman–Crippen LogP) is -0.579. The van der Waals surface area contributed by atoms with Gasteiger partial charge in [-0.05, 0) is 24.8 Å². The normalized spacial score (nSPS) is 27.2. The second kappa shape index (κ2) is 4.31. The largest absolute Gasteiger partial charge is 0.330 e. The average Bonchev–Trinajstić information content (AvgIpc) is 2.74. The van der Waals surface area contributed by atoms with Gasteiger partial charge in [0.05, 0.1) is 11.5 Å². The summed E-state index contributed by atoms with van der Waals surface area (Å²) in [6.45, 7) is 0.817. The van der Waals surface area contributed by atoms with E-state index in [-0.39, 0.29) is 16.9 Å². The van der Waals surface area contributed by atoms with E-state index in [2.05, 4.69) is 10.5 Å². The van der Waals surface area contributed by atoms with Crippen LogP contribution < -0.4 is 11.2 Å². The van der Waals surface area contributed by atoms with E-state index >= 15 is 0 Å². The molecule has 0 aromatic rings. The first kappa shape index (κ1) is 11.8. The Balaban J connectivity index is 2.03. The molecular formula is C9H17N3O3S. The highest BCUT2D eigenvalue weighted by Crippen LogP contribution is 2.35. The summed E-state index contributed by atoms with van der Waals surface area (Å²) < 4.78 is 22.8. The second-order valence-corrected chi connectivity index (χ2v) is 6.82. The van der Waals surface area contributed by atoms with E-state index in [9.17, 15) is 8.42 Å². The number of nitrogens with one attached hydrogen (secondary N) is 1. The number of hydrogen-bond donors (Lipinski definition) is 2. The van der Waals surface area contributed by atoms with Crippen molar-refractivity contribution in [2.75, 3.05) is 24.8 Å². The summed E-state index contributed by atoms with van der Waals surface area (Å²) in [5, 5.41) is 0. The zero-order valence-corrected chi connectivity index (χ0v) is 9.92. The van der Waals surface area contributed by atoms with Crippen LogP contribution in [-0.2, 0) is 14.7 Å². The molecule has 0 bridgehead atoms. The molecule has 0 aliphatic carbocycles. The van der Waals surface area contributed by atoms with Gasteiger partial charge in [-0.15, -0.1) is 0 Å². The van der Waals surface area contributed by atoms with Gasteiger partial charge in [-0.1, -0.05) is 0 Å². The van der Waals surface area contributed by atoms with Crippen LogP contribution in [-0.4, -0.2) is 39.0 Å². The van der Waals surface area contributed by atoms with Crippen molar-refractivity contribution in [3.8, 4) is 0 Å². The van der Waals surface area contributed by atoms with Crippen molar-refractivity contribution in [3.63, 3.8) is 0 Å². The van der Waals surface area contributed by atoms with Crippen LogP contribution in [0.1, 0.15) is 19.3 Å². The van der Waals surface area contributed by atoms with Gasteiger partial charge < -0.3 is 5.73 Å². The van der Waals surface area contributed by atoms with E-state index in [1.807, 2.05) is 0 Å². The highest BCUT2D eigenvalue weighted by Gasteiger charge is 2.37. The second-order valence-electron chi connectivity index (χ2n) is 4.51. The number of rotatable bonds is 3. The molecule has 0 radical (unpaired) electrons. The molecule has 0 aromatic heterocycles. The summed E-state index contributed by atoms with van der Waals surface area (Å²) >= 11 is 0. The highest BCUT2D eigenvalue weighted by molar-refractivity contribution is 7.91. The zero-order chi connectivity index (χ0) is 11.6. The van der Waals surface area contributed by atoms with Crippen LogP contribution in [0.5, 0.6) is 0 Å². The van der Waals surface area contributed by atoms with Crippen LogP contribution in [0.3, 0.4) is 0 Å². The molecule has 0 unspecified atom stereocenters. The average molecular weight is 247 g/mol. The van der Waals surface area contributed by atoms with Gasteiger partial charge in [0.1, 0.15) is 15.7 Å². The molecule has 0 saturated carbocycles. The van der Waals surface area contributed by atoms with Crippen molar-refractivity contribution < 1.29 is 13.3 Å². The lowest BCUT2D eigenvalue weighted by Gasteiger charge is -2.35. The quantitative estimate of drug-likeness (QED) is 0.696. The maximum Gasteiger partial charge on any atom is 0.166 e. The Morgan fingerprint density at radius 2 is 2.12 bits per heavy atom.